The zero-order valence-electron chi connectivity index (χ0n) is 22.9. The van der Waals surface area contributed by atoms with Crippen molar-refractivity contribution < 1.29 is 4.79 Å². The van der Waals surface area contributed by atoms with E-state index in [1.165, 1.54) is 0 Å². The van der Waals surface area contributed by atoms with E-state index in [1.54, 1.807) is 0 Å². The fraction of sp³-hybridized carbons (Fsp3) is 0.312. The summed E-state index contributed by atoms with van der Waals surface area (Å²) in [4.78, 5) is 23.0. The molecule has 7 nitrogen and oxygen atoms in total. The molecule has 3 aromatic rings. The van der Waals surface area contributed by atoms with Crippen LogP contribution in [-0.2, 0) is 0 Å². The number of amides is 1. The van der Waals surface area contributed by atoms with Gasteiger partial charge in [-0.2, -0.15) is 10.5 Å². The summed E-state index contributed by atoms with van der Waals surface area (Å²) in [5.74, 6) is 0.0210. The maximum Gasteiger partial charge on any atom is 0.254 e. The molecule has 2 fully saturated rings. The molecule has 1 amide bonds. The summed E-state index contributed by atoms with van der Waals surface area (Å²) < 4.78 is 0. The van der Waals surface area contributed by atoms with Crippen LogP contribution < -0.4 is 9.80 Å². The normalized spacial score (nSPS) is 15.4. The van der Waals surface area contributed by atoms with Crippen LogP contribution in [0.1, 0.15) is 38.2 Å². The molecule has 3 aromatic carbocycles. The van der Waals surface area contributed by atoms with Gasteiger partial charge in [-0.3, -0.25) is 4.79 Å². The molecular formula is C32H32N6OS. The number of carbonyl (C=O) groups excluding carboxylic acids is 1. The van der Waals surface area contributed by atoms with Crippen LogP contribution in [0, 0.1) is 36.5 Å². The molecule has 2 heterocycles. The van der Waals surface area contributed by atoms with E-state index in [-0.39, 0.29) is 5.91 Å². The lowest BCUT2D eigenvalue weighted by Crippen LogP contribution is -2.49. The monoisotopic (exact) mass is 548 g/mol. The van der Waals surface area contributed by atoms with Gasteiger partial charge in [0.2, 0.25) is 0 Å². The molecule has 0 radical (unpaired) electrons. The van der Waals surface area contributed by atoms with Crippen LogP contribution in [-0.4, -0.2) is 73.1 Å². The molecule has 0 unspecified atom stereocenters. The lowest BCUT2D eigenvalue weighted by molar-refractivity contribution is 0.0746. The number of anilines is 2. The summed E-state index contributed by atoms with van der Waals surface area (Å²) in [5.41, 5.74) is 6.86. The summed E-state index contributed by atoms with van der Waals surface area (Å²) in [7, 11) is 0. The lowest BCUT2D eigenvalue weighted by Gasteiger charge is -2.38. The maximum absolute atomic E-state index is 13.7. The average molecular weight is 549 g/mol. The Morgan fingerprint density at radius 2 is 1.12 bits per heavy atom. The van der Waals surface area contributed by atoms with Gasteiger partial charge in [-0.15, -0.1) is 0 Å². The average Bonchev–Trinajstić information content (AvgIpc) is 3.00. The minimum atomic E-state index is 0.0210. The van der Waals surface area contributed by atoms with Gasteiger partial charge in [0.15, 0.2) is 0 Å². The van der Waals surface area contributed by atoms with Gasteiger partial charge in [-0.1, -0.05) is 42.5 Å². The first-order valence-electron chi connectivity index (χ1n) is 13.6. The molecule has 0 aromatic heterocycles. The standard InChI is InChI=1S/C32H32N6OS/c1-23-19-24(2)28(32(40)38-17-13-36(14-18-38)30-10-6-4-8-26(30)22-34)20-27(23)31(39)37-15-11-35(12-16-37)29-9-5-3-7-25(29)21-33/h3-10,19-20H,11-18H2,1-2H3. The number of benzene rings is 3. The summed E-state index contributed by atoms with van der Waals surface area (Å²) >= 11 is 5.97. The molecule has 0 spiro atoms. The Kier molecular flexibility index (Phi) is 8.00. The van der Waals surface area contributed by atoms with Crippen molar-refractivity contribution in [3.05, 3.63) is 94.0 Å². The number of para-hydroxylation sites is 2. The molecule has 0 N–H and O–H groups in total. The summed E-state index contributed by atoms with van der Waals surface area (Å²) in [6.45, 7) is 9.63. The summed E-state index contributed by atoms with van der Waals surface area (Å²) in [6, 6.07) is 23.9. The third-order valence-electron chi connectivity index (χ3n) is 7.90. The zero-order chi connectivity index (χ0) is 28.2. The molecule has 2 saturated heterocycles. The Balaban J connectivity index is 1.27. The number of carbonyl (C=O) groups is 1. The van der Waals surface area contributed by atoms with Crippen molar-refractivity contribution >= 4 is 34.5 Å². The quantitative estimate of drug-likeness (QED) is 0.444. The van der Waals surface area contributed by atoms with Crippen molar-refractivity contribution in [1.82, 2.24) is 9.80 Å². The molecule has 0 atom stereocenters. The fourth-order valence-electron chi connectivity index (χ4n) is 5.64. The number of hydrogen-bond acceptors (Lipinski definition) is 6. The highest BCUT2D eigenvalue weighted by Gasteiger charge is 2.27. The topological polar surface area (TPSA) is 77.6 Å². The maximum atomic E-state index is 13.7. The van der Waals surface area contributed by atoms with Crippen LogP contribution in [0.25, 0.3) is 0 Å². The van der Waals surface area contributed by atoms with Crippen LogP contribution in [0.15, 0.2) is 60.7 Å². The molecule has 40 heavy (non-hydrogen) atoms. The predicted molar refractivity (Wildman–Crippen MR) is 162 cm³/mol. The van der Waals surface area contributed by atoms with Crippen molar-refractivity contribution in [3.8, 4) is 12.1 Å². The van der Waals surface area contributed by atoms with Gasteiger partial charge in [-0.25, -0.2) is 0 Å². The Morgan fingerprint density at radius 3 is 1.62 bits per heavy atom. The second-order valence-corrected chi connectivity index (χ2v) is 10.7. The molecule has 202 valence electrons. The van der Waals surface area contributed by atoms with Crippen LogP contribution >= 0.6 is 12.2 Å². The Labute approximate surface area is 241 Å². The van der Waals surface area contributed by atoms with E-state index in [1.807, 2.05) is 73.3 Å². The third kappa shape index (κ3) is 5.36. The lowest BCUT2D eigenvalue weighted by atomic mass is 9.98. The minimum absolute atomic E-state index is 0.0210. The number of thiocarbonyl (C=S) groups is 1. The van der Waals surface area contributed by atoms with Crippen molar-refractivity contribution in [2.45, 2.75) is 13.8 Å². The van der Waals surface area contributed by atoms with Gasteiger partial charge >= 0.3 is 0 Å². The largest absolute Gasteiger partial charge is 0.367 e. The van der Waals surface area contributed by atoms with Gasteiger partial charge in [0.1, 0.15) is 17.1 Å². The van der Waals surface area contributed by atoms with Crippen molar-refractivity contribution in [1.29, 1.82) is 10.5 Å². The molecule has 0 saturated carbocycles. The number of rotatable bonds is 4. The molecular weight excluding hydrogens is 516 g/mol. The predicted octanol–water partition coefficient (Wildman–Crippen LogP) is 4.51. The van der Waals surface area contributed by atoms with E-state index in [0.29, 0.717) is 42.9 Å². The van der Waals surface area contributed by atoms with Crippen molar-refractivity contribution in [2.75, 3.05) is 62.2 Å². The van der Waals surface area contributed by atoms with E-state index in [9.17, 15) is 15.3 Å². The summed E-state index contributed by atoms with van der Waals surface area (Å²) in [6.07, 6.45) is 0. The van der Waals surface area contributed by atoms with Gasteiger partial charge < -0.3 is 19.6 Å². The zero-order valence-corrected chi connectivity index (χ0v) is 23.7. The van der Waals surface area contributed by atoms with E-state index in [4.69, 9.17) is 12.2 Å². The highest BCUT2D eigenvalue weighted by Crippen LogP contribution is 2.26. The number of piperazine rings is 2. The second kappa shape index (κ2) is 11.8. The number of nitrogens with zero attached hydrogens (tertiary/aromatic N) is 6. The van der Waals surface area contributed by atoms with Gasteiger partial charge in [0.05, 0.1) is 22.5 Å². The van der Waals surface area contributed by atoms with Crippen molar-refractivity contribution in [2.24, 2.45) is 0 Å². The second-order valence-electron chi connectivity index (χ2n) is 10.3. The Hall–Kier alpha value is -4.40. The smallest absolute Gasteiger partial charge is 0.254 e. The first kappa shape index (κ1) is 27.2. The van der Waals surface area contributed by atoms with Crippen LogP contribution in [0.3, 0.4) is 0 Å². The van der Waals surface area contributed by atoms with Crippen LogP contribution in [0.5, 0.6) is 0 Å². The van der Waals surface area contributed by atoms with Crippen LogP contribution in [0.4, 0.5) is 11.4 Å². The first-order valence-corrected chi connectivity index (χ1v) is 14.0. The molecule has 5 rings (SSSR count). The van der Waals surface area contributed by atoms with Crippen LogP contribution in [0.2, 0.25) is 0 Å². The molecule has 2 aliphatic rings. The highest BCUT2D eigenvalue weighted by molar-refractivity contribution is 7.80. The Morgan fingerprint density at radius 1 is 0.675 bits per heavy atom. The fourth-order valence-corrected chi connectivity index (χ4v) is 6.05. The van der Waals surface area contributed by atoms with E-state index in [0.717, 1.165) is 59.2 Å². The number of hydrogen-bond donors (Lipinski definition) is 0. The number of aryl methyl sites for hydroxylation is 2. The first-order chi connectivity index (χ1) is 19.4. The third-order valence-corrected chi connectivity index (χ3v) is 8.37. The summed E-state index contributed by atoms with van der Waals surface area (Å²) in [5, 5.41) is 19.0. The van der Waals surface area contributed by atoms with E-state index < -0.39 is 0 Å². The SMILES string of the molecule is Cc1cc(C)c(C(=S)N2CCN(c3ccccc3C#N)CC2)cc1C(=O)N1CCN(c2ccccc2C#N)CC1. The minimum Gasteiger partial charge on any atom is -0.367 e. The van der Waals surface area contributed by atoms with Gasteiger partial charge in [-0.05, 0) is 55.3 Å². The number of nitriles is 2. The van der Waals surface area contributed by atoms with Gasteiger partial charge in [0, 0.05) is 63.5 Å². The Bertz CT molecular complexity index is 1410. The molecule has 0 aliphatic carbocycles. The van der Waals surface area contributed by atoms with Crippen molar-refractivity contribution in [3.63, 3.8) is 0 Å². The molecule has 2 aliphatic heterocycles. The van der Waals surface area contributed by atoms with E-state index in [2.05, 4.69) is 32.9 Å². The molecule has 8 heteroatoms. The van der Waals surface area contributed by atoms with E-state index >= 15 is 0 Å². The van der Waals surface area contributed by atoms with Gasteiger partial charge in [0.25, 0.3) is 5.91 Å². The molecule has 0 bridgehead atoms. The highest BCUT2D eigenvalue weighted by atomic mass is 32.1.